The summed E-state index contributed by atoms with van der Waals surface area (Å²) >= 11 is 6.91. The maximum absolute atomic E-state index is 12.0. The van der Waals surface area contributed by atoms with E-state index in [-0.39, 0.29) is 20.9 Å². The monoisotopic (exact) mass is 347 g/mol. The first-order chi connectivity index (χ1) is 9.96. The smallest absolute Gasteiger partial charge is 0.353 e. The van der Waals surface area contributed by atoms with Gasteiger partial charge in [0.1, 0.15) is 15.6 Å². The normalized spacial score (nSPS) is 12.9. The van der Waals surface area contributed by atoms with Crippen LogP contribution in [-0.2, 0) is 19.2 Å². The topological polar surface area (TPSA) is 104 Å². The van der Waals surface area contributed by atoms with E-state index in [0.717, 1.165) is 11.3 Å². The molecule has 0 bridgehead atoms. The minimum absolute atomic E-state index is 0.110. The fourth-order valence-corrected chi connectivity index (χ4v) is 2.14. The number of aldehydes is 1. The fraction of sp³-hybridized carbons (Fsp3) is 0.538. The Morgan fingerprint density at radius 2 is 1.95 bits per heavy atom. The van der Waals surface area contributed by atoms with Crippen molar-refractivity contribution in [2.45, 2.75) is 45.8 Å². The van der Waals surface area contributed by atoms with Crippen LogP contribution in [0.1, 0.15) is 40.3 Å². The van der Waals surface area contributed by atoms with Crippen LogP contribution < -0.4 is 5.73 Å². The van der Waals surface area contributed by atoms with Crippen LogP contribution in [0.3, 0.4) is 0 Å². The Kier molecular flexibility index (Phi) is 5.53. The number of nitrogens with two attached hydrogens (primary N) is 1. The molecule has 0 saturated carbocycles. The molecule has 1 aromatic rings. The number of hydrogen-bond donors (Lipinski definition) is 1. The van der Waals surface area contributed by atoms with Crippen LogP contribution in [0.5, 0.6) is 0 Å². The number of aromatic nitrogens is 1. The number of nitrogen functional groups attached to an aromatic ring is 1. The van der Waals surface area contributed by atoms with E-state index in [9.17, 15) is 9.59 Å². The molecule has 0 fully saturated rings. The summed E-state index contributed by atoms with van der Waals surface area (Å²) in [6.45, 7) is 8.16. The van der Waals surface area contributed by atoms with E-state index in [1.165, 1.54) is 13.8 Å². The Labute approximate surface area is 137 Å². The van der Waals surface area contributed by atoms with Crippen molar-refractivity contribution >= 4 is 46.0 Å². The third-order valence-corrected chi connectivity index (χ3v) is 3.30. The highest BCUT2D eigenvalue weighted by Crippen LogP contribution is 2.26. The zero-order valence-electron chi connectivity index (χ0n) is 13.0. The van der Waals surface area contributed by atoms with Gasteiger partial charge in [0, 0.05) is 0 Å². The Morgan fingerprint density at radius 1 is 1.36 bits per heavy atom. The molecule has 0 saturated heterocycles. The van der Waals surface area contributed by atoms with Gasteiger partial charge in [0.15, 0.2) is 17.1 Å². The van der Waals surface area contributed by atoms with E-state index in [0.29, 0.717) is 6.29 Å². The summed E-state index contributed by atoms with van der Waals surface area (Å²) in [6.07, 6.45) is 0.422. The van der Waals surface area contributed by atoms with Crippen molar-refractivity contribution in [3.8, 4) is 0 Å². The number of anilines is 1. The van der Waals surface area contributed by atoms with Gasteiger partial charge in [-0.05, 0) is 34.6 Å². The molecule has 1 heterocycles. The molecule has 7 nitrogen and oxygen atoms in total. The number of thiazole rings is 1. The molecule has 0 aliphatic heterocycles. The minimum atomic E-state index is -1.38. The Bertz CT molecular complexity index is 605. The summed E-state index contributed by atoms with van der Waals surface area (Å²) in [4.78, 5) is 32.2. The third-order valence-electron chi connectivity index (χ3n) is 2.22. The number of ether oxygens (including phenoxy) is 1. The summed E-state index contributed by atoms with van der Waals surface area (Å²) in [5, 5.41) is 3.86. The van der Waals surface area contributed by atoms with Crippen molar-refractivity contribution in [2.75, 3.05) is 5.73 Å². The quantitative estimate of drug-likeness (QED) is 0.379. The third kappa shape index (κ3) is 4.96. The van der Waals surface area contributed by atoms with E-state index in [1.54, 1.807) is 20.8 Å². The number of rotatable bonds is 5. The van der Waals surface area contributed by atoms with Crippen LogP contribution in [0.25, 0.3) is 0 Å². The second-order valence-electron chi connectivity index (χ2n) is 5.87. The number of carbonyl (C=O) groups excluding carboxylic acids is 2. The van der Waals surface area contributed by atoms with Crippen LogP contribution in [0, 0.1) is 0 Å². The molecule has 1 rings (SSSR count). The first kappa shape index (κ1) is 18.4. The summed E-state index contributed by atoms with van der Waals surface area (Å²) in [6, 6.07) is 0. The number of hydrogen-bond acceptors (Lipinski definition) is 8. The molecule has 0 unspecified atom stereocenters. The molecule has 9 heteroatoms. The largest absolute Gasteiger partial charge is 0.457 e. The Hall–Kier alpha value is -1.67. The van der Waals surface area contributed by atoms with Gasteiger partial charge in [0.05, 0.1) is 0 Å². The van der Waals surface area contributed by atoms with Crippen molar-refractivity contribution in [2.24, 2.45) is 5.16 Å². The van der Waals surface area contributed by atoms with E-state index in [2.05, 4.69) is 10.1 Å². The summed E-state index contributed by atoms with van der Waals surface area (Å²) < 4.78 is 5.43. The average Bonchev–Trinajstić information content (AvgIpc) is 2.67. The van der Waals surface area contributed by atoms with E-state index >= 15 is 0 Å². The Balaban J connectivity index is 2.94. The van der Waals surface area contributed by atoms with Gasteiger partial charge >= 0.3 is 5.97 Å². The molecule has 0 radical (unpaired) electrons. The molecule has 2 N–H and O–H groups in total. The Morgan fingerprint density at radius 3 is 2.36 bits per heavy atom. The van der Waals surface area contributed by atoms with Gasteiger partial charge in [-0.2, -0.15) is 0 Å². The van der Waals surface area contributed by atoms with E-state index in [1.807, 2.05) is 0 Å². The van der Waals surface area contributed by atoms with Crippen molar-refractivity contribution in [3.05, 3.63) is 10.0 Å². The molecule has 122 valence electrons. The van der Waals surface area contributed by atoms with E-state index in [4.69, 9.17) is 26.9 Å². The van der Waals surface area contributed by atoms with Gasteiger partial charge in [0.2, 0.25) is 5.60 Å². The molecule has 1 aromatic heterocycles. The highest BCUT2D eigenvalue weighted by atomic mass is 35.5. The SMILES string of the molecule is CC(C)(C)OC(=O)C(C)(C)O/N=C(\C=O)c1nc(N)sc1Cl. The van der Waals surface area contributed by atoms with Gasteiger partial charge in [-0.1, -0.05) is 28.1 Å². The van der Waals surface area contributed by atoms with Crippen molar-refractivity contribution in [1.82, 2.24) is 4.98 Å². The minimum Gasteiger partial charge on any atom is -0.457 e. The molecule has 0 aliphatic rings. The van der Waals surface area contributed by atoms with Crippen molar-refractivity contribution in [3.63, 3.8) is 0 Å². The maximum Gasteiger partial charge on any atom is 0.353 e. The lowest BCUT2D eigenvalue weighted by Crippen LogP contribution is -2.40. The lowest BCUT2D eigenvalue weighted by molar-refractivity contribution is -0.179. The highest BCUT2D eigenvalue weighted by Gasteiger charge is 2.35. The van der Waals surface area contributed by atoms with Crippen LogP contribution in [0.15, 0.2) is 5.16 Å². The summed E-state index contributed by atoms with van der Waals surface area (Å²) in [5.74, 6) is -0.613. The molecular weight excluding hydrogens is 330 g/mol. The summed E-state index contributed by atoms with van der Waals surface area (Å²) in [7, 11) is 0. The van der Waals surface area contributed by atoms with Crippen LogP contribution in [-0.4, -0.2) is 34.2 Å². The molecular formula is C13H18ClN3O4S. The van der Waals surface area contributed by atoms with Gasteiger partial charge in [-0.25, -0.2) is 9.78 Å². The molecule has 0 atom stereocenters. The average molecular weight is 348 g/mol. The first-order valence-corrected chi connectivity index (χ1v) is 7.52. The highest BCUT2D eigenvalue weighted by molar-refractivity contribution is 7.19. The molecule has 0 aromatic carbocycles. The van der Waals surface area contributed by atoms with Gasteiger partial charge in [-0.3, -0.25) is 4.79 Å². The number of nitrogens with zero attached hydrogens (tertiary/aromatic N) is 2. The zero-order chi connectivity index (χ0) is 17.1. The number of carbonyl (C=O) groups is 2. The number of halogens is 1. The van der Waals surface area contributed by atoms with Crippen LogP contribution in [0.2, 0.25) is 4.34 Å². The fourth-order valence-electron chi connectivity index (χ4n) is 1.20. The lowest BCUT2D eigenvalue weighted by atomic mass is 10.1. The van der Waals surface area contributed by atoms with Crippen molar-refractivity contribution in [1.29, 1.82) is 0 Å². The van der Waals surface area contributed by atoms with E-state index < -0.39 is 17.2 Å². The van der Waals surface area contributed by atoms with Crippen molar-refractivity contribution < 1.29 is 19.2 Å². The first-order valence-electron chi connectivity index (χ1n) is 6.33. The van der Waals surface area contributed by atoms with Crippen LogP contribution in [0.4, 0.5) is 5.13 Å². The predicted molar refractivity (Wildman–Crippen MR) is 85.1 cm³/mol. The number of oxime groups is 1. The molecule has 0 spiro atoms. The zero-order valence-corrected chi connectivity index (χ0v) is 14.5. The van der Waals surface area contributed by atoms with Crippen LogP contribution >= 0.6 is 22.9 Å². The molecule has 0 aliphatic carbocycles. The number of esters is 1. The second-order valence-corrected chi connectivity index (χ2v) is 7.51. The van der Waals surface area contributed by atoms with Gasteiger partial charge < -0.3 is 15.3 Å². The lowest BCUT2D eigenvalue weighted by Gasteiger charge is -2.26. The standard InChI is InChI=1S/C13H18ClN3O4S/c1-12(2,3)20-10(19)13(4,5)21-17-7(6-18)8-9(14)22-11(15)16-8/h6H,1-5H3,(H2,15,16)/b17-7+. The van der Waals surface area contributed by atoms with Gasteiger partial charge in [0.25, 0.3) is 0 Å². The summed E-state index contributed by atoms with van der Waals surface area (Å²) in [5.41, 5.74) is 3.42. The van der Waals surface area contributed by atoms with Gasteiger partial charge in [-0.15, -0.1) is 0 Å². The predicted octanol–water partition coefficient (Wildman–Crippen LogP) is 2.42. The maximum atomic E-state index is 12.0. The molecule has 0 amide bonds. The molecule has 22 heavy (non-hydrogen) atoms. The second kappa shape index (κ2) is 6.62.